The number of aryl methyl sites for hydroxylation is 1. The average molecular weight is 306 g/mol. The quantitative estimate of drug-likeness (QED) is 0.651. The number of carboxylic acids is 1. The fourth-order valence-corrected chi connectivity index (χ4v) is 2.33. The van der Waals surface area contributed by atoms with Crippen LogP contribution in [0.15, 0.2) is 40.3 Å². The Balaban J connectivity index is 2.26. The lowest BCUT2D eigenvalue weighted by atomic mass is 10.3. The van der Waals surface area contributed by atoms with Crippen molar-refractivity contribution >= 4 is 17.7 Å². The Morgan fingerprint density at radius 3 is 2.62 bits per heavy atom. The van der Waals surface area contributed by atoms with E-state index in [1.807, 2.05) is 6.07 Å². The van der Waals surface area contributed by atoms with Gasteiger partial charge in [-0.3, -0.25) is 14.6 Å². The SMILES string of the molecule is Cc1nc(S[C@@H](C)C(=O)O)[nH]c(=O)c1Oc1ccccc1. The third-order valence-electron chi connectivity index (χ3n) is 2.62. The van der Waals surface area contributed by atoms with E-state index in [0.717, 1.165) is 11.8 Å². The summed E-state index contributed by atoms with van der Waals surface area (Å²) in [4.78, 5) is 29.6. The van der Waals surface area contributed by atoms with E-state index in [9.17, 15) is 9.59 Å². The number of rotatable bonds is 5. The summed E-state index contributed by atoms with van der Waals surface area (Å²) in [6, 6.07) is 8.90. The van der Waals surface area contributed by atoms with Crippen LogP contribution in [0.3, 0.4) is 0 Å². The van der Waals surface area contributed by atoms with Crippen molar-refractivity contribution in [2.75, 3.05) is 0 Å². The topological polar surface area (TPSA) is 92.3 Å². The molecule has 1 aromatic heterocycles. The Labute approximate surface area is 125 Å². The summed E-state index contributed by atoms with van der Waals surface area (Å²) in [5.41, 5.74) is -0.0332. The molecule has 0 aliphatic rings. The van der Waals surface area contributed by atoms with Gasteiger partial charge in [0, 0.05) is 0 Å². The summed E-state index contributed by atoms with van der Waals surface area (Å²) in [5.74, 6) is -0.328. The molecule has 2 rings (SSSR count). The minimum absolute atomic E-state index is 0.105. The number of ether oxygens (including phenoxy) is 1. The summed E-state index contributed by atoms with van der Waals surface area (Å²) >= 11 is 0.973. The van der Waals surface area contributed by atoms with Crippen LogP contribution >= 0.6 is 11.8 Å². The molecule has 0 bridgehead atoms. The minimum Gasteiger partial charge on any atom is -0.480 e. The third kappa shape index (κ3) is 3.85. The standard InChI is InChI=1S/C14H14N2O4S/c1-8-11(20-10-6-4-3-5-7-10)12(17)16-14(15-8)21-9(2)13(18)19/h3-7,9H,1-2H3,(H,18,19)(H,15,16,17)/t9-/m0/s1. The normalized spacial score (nSPS) is 11.9. The number of carboxylic acid groups (broad SMARTS) is 1. The van der Waals surface area contributed by atoms with Crippen molar-refractivity contribution in [3.8, 4) is 11.5 Å². The number of benzene rings is 1. The van der Waals surface area contributed by atoms with Gasteiger partial charge in [-0.25, -0.2) is 4.98 Å². The molecular formula is C14H14N2O4S. The van der Waals surface area contributed by atoms with Crippen LogP contribution in [0, 0.1) is 6.92 Å². The van der Waals surface area contributed by atoms with Gasteiger partial charge in [0.05, 0.1) is 5.69 Å². The maximum absolute atomic E-state index is 12.0. The highest BCUT2D eigenvalue weighted by molar-refractivity contribution is 8.00. The summed E-state index contributed by atoms with van der Waals surface area (Å²) in [5, 5.41) is 8.42. The van der Waals surface area contributed by atoms with Crippen LogP contribution in [0.25, 0.3) is 0 Å². The lowest BCUT2D eigenvalue weighted by molar-refractivity contribution is -0.136. The zero-order valence-corrected chi connectivity index (χ0v) is 12.3. The zero-order chi connectivity index (χ0) is 15.4. The van der Waals surface area contributed by atoms with E-state index >= 15 is 0 Å². The highest BCUT2D eigenvalue weighted by Gasteiger charge is 2.16. The summed E-state index contributed by atoms with van der Waals surface area (Å²) in [7, 11) is 0. The second-order valence-electron chi connectivity index (χ2n) is 4.30. The molecule has 0 amide bonds. The number of thioether (sulfide) groups is 1. The number of aliphatic carboxylic acids is 1. The van der Waals surface area contributed by atoms with E-state index in [2.05, 4.69) is 9.97 Å². The third-order valence-corrected chi connectivity index (χ3v) is 3.60. The van der Waals surface area contributed by atoms with Gasteiger partial charge in [0.15, 0.2) is 5.16 Å². The fourth-order valence-electron chi connectivity index (χ4n) is 1.55. The highest BCUT2D eigenvalue weighted by Crippen LogP contribution is 2.23. The first-order valence-corrected chi connectivity index (χ1v) is 7.08. The Morgan fingerprint density at radius 2 is 2.05 bits per heavy atom. The number of nitrogens with zero attached hydrogens (tertiary/aromatic N) is 1. The molecule has 0 saturated carbocycles. The van der Waals surface area contributed by atoms with Crippen molar-refractivity contribution in [2.24, 2.45) is 0 Å². The van der Waals surface area contributed by atoms with Gasteiger partial charge in [-0.05, 0) is 26.0 Å². The summed E-state index contributed by atoms with van der Waals surface area (Å²) in [6.07, 6.45) is 0. The van der Waals surface area contributed by atoms with Crippen LogP contribution in [0.5, 0.6) is 11.5 Å². The number of H-pyrrole nitrogens is 1. The van der Waals surface area contributed by atoms with E-state index in [-0.39, 0.29) is 10.9 Å². The molecule has 0 saturated heterocycles. The van der Waals surface area contributed by atoms with Crippen molar-refractivity contribution in [1.29, 1.82) is 0 Å². The number of carbonyl (C=O) groups is 1. The van der Waals surface area contributed by atoms with Crippen LogP contribution in [0.1, 0.15) is 12.6 Å². The molecule has 1 heterocycles. The van der Waals surface area contributed by atoms with Crippen molar-refractivity contribution < 1.29 is 14.6 Å². The van der Waals surface area contributed by atoms with Gasteiger partial charge in [-0.2, -0.15) is 0 Å². The number of aromatic nitrogens is 2. The maximum Gasteiger partial charge on any atom is 0.316 e. The van der Waals surface area contributed by atoms with E-state index in [1.54, 1.807) is 31.2 Å². The molecule has 0 aliphatic carbocycles. The van der Waals surface area contributed by atoms with Gasteiger partial charge in [-0.15, -0.1) is 0 Å². The Bertz CT molecular complexity index is 700. The molecule has 0 aliphatic heterocycles. The Kier molecular flexibility index (Phi) is 4.64. The van der Waals surface area contributed by atoms with E-state index in [4.69, 9.17) is 9.84 Å². The van der Waals surface area contributed by atoms with Crippen molar-refractivity contribution in [1.82, 2.24) is 9.97 Å². The molecule has 0 unspecified atom stereocenters. The molecule has 7 heteroatoms. The van der Waals surface area contributed by atoms with Crippen LogP contribution in [0.2, 0.25) is 0 Å². The van der Waals surface area contributed by atoms with Crippen molar-refractivity contribution in [2.45, 2.75) is 24.3 Å². The predicted molar refractivity (Wildman–Crippen MR) is 79.1 cm³/mol. The summed E-state index contributed by atoms with van der Waals surface area (Å²) < 4.78 is 5.52. The molecule has 110 valence electrons. The van der Waals surface area contributed by atoms with Crippen LogP contribution in [0.4, 0.5) is 0 Å². The van der Waals surface area contributed by atoms with Gasteiger partial charge in [-0.1, -0.05) is 30.0 Å². The smallest absolute Gasteiger partial charge is 0.316 e. The van der Waals surface area contributed by atoms with Crippen LogP contribution in [-0.4, -0.2) is 26.3 Å². The molecule has 2 N–H and O–H groups in total. The molecule has 6 nitrogen and oxygen atoms in total. The lowest BCUT2D eigenvalue weighted by Gasteiger charge is -2.09. The van der Waals surface area contributed by atoms with Gasteiger partial charge in [0.2, 0.25) is 5.75 Å². The van der Waals surface area contributed by atoms with E-state index in [0.29, 0.717) is 11.4 Å². The molecule has 1 atom stereocenters. The van der Waals surface area contributed by atoms with Crippen LogP contribution in [-0.2, 0) is 4.79 Å². The second kappa shape index (κ2) is 6.45. The molecule has 0 radical (unpaired) electrons. The maximum atomic E-state index is 12.0. The van der Waals surface area contributed by atoms with Crippen LogP contribution < -0.4 is 10.3 Å². The van der Waals surface area contributed by atoms with Gasteiger partial charge < -0.3 is 9.84 Å². The van der Waals surface area contributed by atoms with E-state index in [1.165, 1.54) is 6.92 Å². The van der Waals surface area contributed by atoms with E-state index < -0.39 is 16.8 Å². The Hall–Kier alpha value is -2.28. The largest absolute Gasteiger partial charge is 0.480 e. The number of nitrogens with one attached hydrogen (secondary N) is 1. The first-order valence-electron chi connectivity index (χ1n) is 6.20. The Morgan fingerprint density at radius 1 is 1.38 bits per heavy atom. The summed E-state index contributed by atoms with van der Waals surface area (Å²) in [6.45, 7) is 3.17. The second-order valence-corrected chi connectivity index (χ2v) is 5.63. The van der Waals surface area contributed by atoms with Gasteiger partial charge >= 0.3 is 5.97 Å². The number of hydrogen-bond acceptors (Lipinski definition) is 5. The number of hydrogen-bond donors (Lipinski definition) is 2. The van der Waals surface area contributed by atoms with Crippen molar-refractivity contribution in [3.05, 3.63) is 46.4 Å². The molecule has 0 fully saturated rings. The molecule has 0 spiro atoms. The van der Waals surface area contributed by atoms with Gasteiger partial charge in [0.1, 0.15) is 11.0 Å². The lowest BCUT2D eigenvalue weighted by Crippen LogP contribution is -2.17. The molecule has 1 aromatic carbocycles. The first kappa shape index (κ1) is 15.1. The minimum atomic E-state index is -0.968. The molecule has 21 heavy (non-hydrogen) atoms. The molecule has 2 aromatic rings. The molecular weight excluding hydrogens is 292 g/mol. The predicted octanol–water partition coefficient (Wildman–Crippen LogP) is 2.44. The monoisotopic (exact) mass is 306 g/mol. The zero-order valence-electron chi connectivity index (χ0n) is 11.5. The first-order chi connectivity index (χ1) is 9.97. The fraction of sp³-hybridized carbons (Fsp3) is 0.214. The number of aromatic amines is 1. The average Bonchev–Trinajstić information content (AvgIpc) is 2.44. The number of para-hydroxylation sites is 1. The van der Waals surface area contributed by atoms with Gasteiger partial charge in [0.25, 0.3) is 5.56 Å². The van der Waals surface area contributed by atoms with Crippen molar-refractivity contribution in [3.63, 3.8) is 0 Å². The highest BCUT2D eigenvalue weighted by atomic mass is 32.2.